The molecule has 2 aromatic rings. The van der Waals surface area contributed by atoms with Gasteiger partial charge in [0, 0.05) is 13.1 Å². The third kappa shape index (κ3) is 4.59. The van der Waals surface area contributed by atoms with E-state index in [1.54, 1.807) is 0 Å². The van der Waals surface area contributed by atoms with E-state index >= 15 is 0 Å². The van der Waals surface area contributed by atoms with Crippen molar-refractivity contribution in [3.63, 3.8) is 0 Å². The van der Waals surface area contributed by atoms with Gasteiger partial charge >= 0.3 is 0 Å². The molecule has 0 saturated heterocycles. The van der Waals surface area contributed by atoms with E-state index in [9.17, 15) is 0 Å². The molecule has 3 rings (SSSR count). The largest absolute Gasteiger partial charge is 0.354 e. The predicted molar refractivity (Wildman–Crippen MR) is 100 cm³/mol. The standard InChI is InChI=1S/C19H28N6/c1-14(16-9-5-4-6-10-16)21-19(22-17-11-7-8-12-17)20-13-18-24-23-15(2)25(18)3/h4-6,9-10,14,17H,7-8,11-13H2,1-3H3,(H2,20,21,22). The van der Waals surface area contributed by atoms with Gasteiger partial charge in [-0.25, -0.2) is 4.99 Å². The third-order valence-corrected chi connectivity index (χ3v) is 4.91. The van der Waals surface area contributed by atoms with Gasteiger partial charge < -0.3 is 15.2 Å². The highest BCUT2D eigenvalue weighted by molar-refractivity contribution is 5.80. The van der Waals surface area contributed by atoms with Crippen LogP contribution in [-0.2, 0) is 13.6 Å². The van der Waals surface area contributed by atoms with E-state index in [1.165, 1.54) is 31.2 Å². The van der Waals surface area contributed by atoms with Crippen molar-refractivity contribution in [1.82, 2.24) is 25.4 Å². The molecule has 0 spiro atoms. The molecule has 6 heteroatoms. The van der Waals surface area contributed by atoms with Crippen LogP contribution in [0.5, 0.6) is 0 Å². The van der Waals surface area contributed by atoms with Gasteiger partial charge in [-0.05, 0) is 32.3 Å². The number of aliphatic imine (C=N–C) groups is 1. The third-order valence-electron chi connectivity index (χ3n) is 4.91. The fraction of sp³-hybridized carbons (Fsp3) is 0.526. The minimum absolute atomic E-state index is 0.190. The number of aromatic nitrogens is 3. The van der Waals surface area contributed by atoms with Gasteiger partial charge in [-0.1, -0.05) is 43.2 Å². The Morgan fingerprint density at radius 3 is 2.60 bits per heavy atom. The average molecular weight is 340 g/mol. The van der Waals surface area contributed by atoms with Gasteiger partial charge in [-0.2, -0.15) is 0 Å². The summed E-state index contributed by atoms with van der Waals surface area (Å²) >= 11 is 0. The zero-order chi connectivity index (χ0) is 17.6. The first-order valence-corrected chi connectivity index (χ1v) is 9.11. The Kier molecular flexibility index (Phi) is 5.68. The Hall–Kier alpha value is -2.37. The summed E-state index contributed by atoms with van der Waals surface area (Å²) in [7, 11) is 1.98. The minimum atomic E-state index is 0.190. The van der Waals surface area contributed by atoms with E-state index in [1.807, 2.05) is 24.6 Å². The SMILES string of the molecule is Cc1nnc(CN=C(NC2CCCC2)NC(C)c2ccccc2)n1C. The molecule has 1 aromatic heterocycles. The second kappa shape index (κ2) is 8.14. The molecular weight excluding hydrogens is 312 g/mol. The van der Waals surface area contributed by atoms with Crippen LogP contribution >= 0.6 is 0 Å². The number of guanidine groups is 1. The van der Waals surface area contributed by atoms with Crippen molar-refractivity contribution in [1.29, 1.82) is 0 Å². The highest BCUT2D eigenvalue weighted by atomic mass is 15.3. The van der Waals surface area contributed by atoms with Gasteiger partial charge in [-0.15, -0.1) is 10.2 Å². The van der Waals surface area contributed by atoms with Crippen LogP contribution in [-0.4, -0.2) is 26.8 Å². The molecule has 1 saturated carbocycles. The molecule has 2 N–H and O–H groups in total. The second-order valence-corrected chi connectivity index (χ2v) is 6.79. The monoisotopic (exact) mass is 340 g/mol. The van der Waals surface area contributed by atoms with E-state index in [-0.39, 0.29) is 6.04 Å². The highest BCUT2D eigenvalue weighted by Gasteiger charge is 2.17. The van der Waals surface area contributed by atoms with Crippen LogP contribution in [0.15, 0.2) is 35.3 Å². The highest BCUT2D eigenvalue weighted by Crippen LogP contribution is 2.18. The van der Waals surface area contributed by atoms with E-state index in [0.717, 1.165) is 17.6 Å². The molecule has 1 aliphatic carbocycles. The number of rotatable bonds is 5. The molecule has 6 nitrogen and oxygen atoms in total. The van der Waals surface area contributed by atoms with Crippen LogP contribution in [0.4, 0.5) is 0 Å². The lowest BCUT2D eigenvalue weighted by Crippen LogP contribution is -2.43. The summed E-state index contributed by atoms with van der Waals surface area (Å²) < 4.78 is 1.98. The number of benzene rings is 1. The summed E-state index contributed by atoms with van der Waals surface area (Å²) in [5.74, 6) is 2.63. The number of nitrogens with one attached hydrogen (secondary N) is 2. The van der Waals surface area contributed by atoms with E-state index in [4.69, 9.17) is 4.99 Å². The molecule has 25 heavy (non-hydrogen) atoms. The van der Waals surface area contributed by atoms with Crippen molar-refractivity contribution in [2.75, 3.05) is 0 Å². The van der Waals surface area contributed by atoms with Crippen molar-refractivity contribution in [3.8, 4) is 0 Å². The minimum Gasteiger partial charge on any atom is -0.354 e. The van der Waals surface area contributed by atoms with Gasteiger partial charge in [0.1, 0.15) is 12.4 Å². The van der Waals surface area contributed by atoms with Crippen LogP contribution < -0.4 is 10.6 Å². The molecular formula is C19H28N6. The zero-order valence-electron chi connectivity index (χ0n) is 15.4. The normalized spacial score (nSPS) is 16.8. The van der Waals surface area contributed by atoms with Crippen molar-refractivity contribution in [3.05, 3.63) is 47.5 Å². The van der Waals surface area contributed by atoms with Crippen LogP contribution in [0, 0.1) is 6.92 Å². The number of hydrogen-bond donors (Lipinski definition) is 2. The van der Waals surface area contributed by atoms with Gasteiger partial charge in [0.25, 0.3) is 0 Å². The van der Waals surface area contributed by atoms with Crippen molar-refractivity contribution < 1.29 is 0 Å². The Balaban J connectivity index is 1.71. The quantitative estimate of drug-likeness (QED) is 0.649. The average Bonchev–Trinajstić information content (AvgIpc) is 3.25. The fourth-order valence-corrected chi connectivity index (χ4v) is 3.17. The van der Waals surface area contributed by atoms with Crippen molar-refractivity contribution in [2.24, 2.45) is 12.0 Å². The van der Waals surface area contributed by atoms with Crippen LogP contribution in [0.25, 0.3) is 0 Å². The first-order valence-electron chi connectivity index (χ1n) is 9.11. The summed E-state index contributed by atoms with van der Waals surface area (Å²) in [5, 5.41) is 15.4. The number of aryl methyl sites for hydroxylation is 1. The lowest BCUT2D eigenvalue weighted by Gasteiger charge is -2.21. The summed E-state index contributed by atoms with van der Waals surface area (Å²) in [6.45, 7) is 4.63. The lowest BCUT2D eigenvalue weighted by molar-refractivity contribution is 0.592. The summed E-state index contributed by atoms with van der Waals surface area (Å²) in [6.07, 6.45) is 5.01. The Morgan fingerprint density at radius 2 is 1.96 bits per heavy atom. The van der Waals surface area contributed by atoms with Crippen LogP contribution in [0.1, 0.15) is 55.9 Å². The molecule has 1 atom stereocenters. The molecule has 0 aliphatic heterocycles. The van der Waals surface area contributed by atoms with Gasteiger partial charge in [0.2, 0.25) is 0 Å². The smallest absolute Gasteiger partial charge is 0.192 e. The molecule has 1 heterocycles. The fourth-order valence-electron chi connectivity index (χ4n) is 3.17. The number of nitrogens with zero attached hydrogens (tertiary/aromatic N) is 4. The van der Waals surface area contributed by atoms with Gasteiger partial charge in [-0.3, -0.25) is 0 Å². The van der Waals surface area contributed by atoms with E-state index in [2.05, 4.69) is 52.0 Å². The molecule has 134 valence electrons. The zero-order valence-corrected chi connectivity index (χ0v) is 15.4. The maximum atomic E-state index is 4.77. The Labute approximate surface area is 149 Å². The van der Waals surface area contributed by atoms with Crippen molar-refractivity contribution in [2.45, 2.75) is 58.2 Å². The van der Waals surface area contributed by atoms with Gasteiger partial charge in [0.15, 0.2) is 11.8 Å². The molecule has 0 amide bonds. The Bertz CT molecular complexity index is 700. The van der Waals surface area contributed by atoms with Crippen LogP contribution in [0.3, 0.4) is 0 Å². The lowest BCUT2D eigenvalue weighted by atomic mass is 10.1. The summed E-state index contributed by atoms with van der Waals surface area (Å²) in [5.41, 5.74) is 1.25. The molecule has 0 radical (unpaired) electrons. The molecule has 1 unspecified atom stereocenters. The number of hydrogen-bond acceptors (Lipinski definition) is 3. The van der Waals surface area contributed by atoms with Crippen LogP contribution in [0.2, 0.25) is 0 Å². The second-order valence-electron chi connectivity index (χ2n) is 6.79. The maximum Gasteiger partial charge on any atom is 0.192 e. The van der Waals surface area contributed by atoms with Gasteiger partial charge in [0.05, 0.1) is 6.04 Å². The molecule has 1 aromatic carbocycles. The first kappa shape index (κ1) is 17.5. The first-order chi connectivity index (χ1) is 12.1. The van der Waals surface area contributed by atoms with E-state index in [0.29, 0.717) is 12.6 Å². The molecule has 1 fully saturated rings. The maximum absolute atomic E-state index is 4.77. The molecule has 0 bridgehead atoms. The topological polar surface area (TPSA) is 67.1 Å². The predicted octanol–water partition coefficient (Wildman–Crippen LogP) is 2.86. The Morgan fingerprint density at radius 1 is 1.24 bits per heavy atom. The van der Waals surface area contributed by atoms with Crippen molar-refractivity contribution >= 4 is 5.96 Å². The molecule has 1 aliphatic rings. The van der Waals surface area contributed by atoms with E-state index < -0.39 is 0 Å². The summed E-state index contributed by atoms with van der Waals surface area (Å²) in [4.78, 5) is 4.77. The summed E-state index contributed by atoms with van der Waals surface area (Å²) in [6, 6.07) is 11.1.